The number of aromatic nitrogens is 2. The van der Waals surface area contributed by atoms with E-state index in [0.717, 1.165) is 6.54 Å². The molecule has 2 N–H and O–H groups in total. The van der Waals surface area contributed by atoms with Gasteiger partial charge in [-0.1, -0.05) is 23.2 Å². The molecule has 8 heteroatoms. The zero-order chi connectivity index (χ0) is 17.7. The number of aryl methyl sites for hydroxylation is 1. The van der Waals surface area contributed by atoms with Gasteiger partial charge in [-0.15, -0.1) is 0 Å². The van der Waals surface area contributed by atoms with Gasteiger partial charge in [0.05, 0.1) is 10.7 Å². The van der Waals surface area contributed by atoms with Gasteiger partial charge in [0.2, 0.25) is 0 Å². The third-order valence-electron chi connectivity index (χ3n) is 3.11. The molecule has 2 aromatic rings. The topological polar surface area (TPSA) is 70.2 Å². The zero-order valence-corrected chi connectivity index (χ0v) is 15.2. The summed E-state index contributed by atoms with van der Waals surface area (Å²) in [6.45, 7) is 3.01. The molecule has 0 aliphatic carbocycles. The van der Waals surface area contributed by atoms with E-state index in [1.165, 1.54) is 0 Å². The third kappa shape index (κ3) is 5.33. The minimum absolute atomic E-state index is 0.248. The molecule has 0 radical (unpaired) electrons. The maximum absolute atomic E-state index is 12.2. The molecule has 1 heterocycles. The second kappa shape index (κ2) is 8.28. The van der Waals surface area contributed by atoms with Crippen molar-refractivity contribution in [3.05, 3.63) is 45.8 Å². The average Bonchev–Trinajstić information content (AvgIpc) is 2.50. The number of likely N-dealkylation sites (N-methyl/N-ethyl adjacent to an activating group) is 1. The molecule has 0 spiro atoms. The van der Waals surface area contributed by atoms with Crippen LogP contribution in [0, 0.1) is 6.92 Å². The first kappa shape index (κ1) is 18.4. The summed E-state index contributed by atoms with van der Waals surface area (Å²) in [6, 6.07) is 6.66. The lowest BCUT2D eigenvalue weighted by Gasteiger charge is -2.12. The Balaban J connectivity index is 2.16. The number of carbonyl (C=O) groups is 1. The lowest BCUT2D eigenvalue weighted by Crippen LogP contribution is -2.32. The van der Waals surface area contributed by atoms with Crippen molar-refractivity contribution in [3.8, 4) is 0 Å². The van der Waals surface area contributed by atoms with Crippen LogP contribution < -0.4 is 10.6 Å². The van der Waals surface area contributed by atoms with Crippen LogP contribution in [0.4, 0.5) is 11.5 Å². The number of rotatable bonds is 6. The van der Waals surface area contributed by atoms with Crippen molar-refractivity contribution >= 4 is 40.6 Å². The maximum Gasteiger partial charge on any atom is 0.270 e. The van der Waals surface area contributed by atoms with Gasteiger partial charge >= 0.3 is 0 Å². The molecule has 6 nitrogen and oxygen atoms in total. The Morgan fingerprint density at radius 1 is 1.21 bits per heavy atom. The molecule has 0 bridgehead atoms. The first-order chi connectivity index (χ1) is 11.3. The van der Waals surface area contributed by atoms with E-state index < -0.39 is 0 Å². The van der Waals surface area contributed by atoms with Gasteiger partial charge in [0.15, 0.2) is 0 Å². The van der Waals surface area contributed by atoms with Gasteiger partial charge in [0.1, 0.15) is 17.3 Å². The Kier molecular flexibility index (Phi) is 6.36. The molecule has 1 aromatic carbocycles. The van der Waals surface area contributed by atoms with Crippen LogP contribution in [0.2, 0.25) is 10.0 Å². The highest BCUT2D eigenvalue weighted by molar-refractivity contribution is 6.35. The van der Waals surface area contributed by atoms with Crippen LogP contribution in [0.25, 0.3) is 0 Å². The second-order valence-corrected chi connectivity index (χ2v) is 6.34. The molecule has 2 rings (SSSR count). The third-order valence-corrected chi connectivity index (χ3v) is 3.67. The molecule has 0 atom stereocenters. The highest BCUT2D eigenvalue weighted by atomic mass is 35.5. The number of hydrogen-bond acceptors (Lipinski definition) is 5. The van der Waals surface area contributed by atoms with Crippen LogP contribution in [0.15, 0.2) is 24.3 Å². The summed E-state index contributed by atoms with van der Waals surface area (Å²) in [5, 5.41) is 6.95. The van der Waals surface area contributed by atoms with Crippen LogP contribution in [0.3, 0.4) is 0 Å². The first-order valence-electron chi connectivity index (χ1n) is 7.36. The fourth-order valence-electron chi connectivity index (χ4n) is 1.96. The van der Waals surface area contributed by atoms with E-state index in [4.69, 9.17) is 23.2 Å². The summed E-state index contributed by atoms with van der Waals surface area (Å²) in [7, 11) is 3.88. The smallest absolute Gasteiger partial charge is 0.270 e. The van der Waals surface area contributed by atoms with Crippen LogP contribution in [-0.2, 0) is 0 Å². The lowest BCUT2D eigenvalue weighted by molar-refractivity contribution is 0.0945. The molecule has 0 aliphatic rings. The van der Waals surface area contributed by atoms with E-state index in [2.05, 4.69) is 20.6 Å². The van der Waals surface area contributed by atoms with Crippen molar-refractivity contribution in [1.29, 1.82) is 0 Å². The molecule has 1 amide bonds. The Bertz CT molecular complexity index is 736. The minimum Gasteiger partial charge on any atom is -0.349 e. The van der Waals surface area contributed by atoms with Crippen molar-refractivity contribution in [3.63, 3.8) is 0 Å². The minimum atomic E-state index is -0.248. The summed E-state index contributed by atoms with van der Waals surface area (Å²) in [4.78, 5) is 22.7. The molecule has 1 aromatic heterocycles. The normalized spacial score (nSPS) is 10.8. The Hall–Kier alpha value is -1.89. The quantitative estimate of drug-likeness (QED) is 0.820. The van der Waals surface area contributed by atoms with E-state index >= 15 is 0 Å². The average molecular weight is 368 g/mol. The Labute approximate surface area is 151 Å². The fraction of sp³-hybridized carbons (Fsp3) is 0.312. The Morgan fingerprint density at radius 3 is 2.67 bits per heavy atom. The van der Waals surface area contributed by atoms with Gasteiger partial charge in [-0.05, 0) is 39.2 Å². The van der Waals surface area contributed by atoms with Gasteiger partial charge in [-0.3, -0.25) is 4.79 Å². The molecule has 0 unspecified atom stereocenters. The van der Waals surface area contributed by atoms with Gasteiger partial charge in [-0.2, -0.15) is 0 Å². The summed E-state index contributed by atoms with van der Waals surface area (Å²) < 4.78 is 0. The van der Waals surface area contributed by atoms with E-state index in [0.29, 0.717) is 39.6 Å². The molecule has 0 saturated heterocycles. The molecular formula is C16H19Cl2N5O. The molecule has 128 valence electrons. The van der Waals surface area contributed by atoms with Crippen LogP contribution >= 0.6 is 23.2 Å². The van der Waals surface area contributed by atoms with Crippen LogP contribution in [0.1, 0.15) is 16.3 Å². The zero-order valence-electron chi connectivity index (χ0n) is 13.7. The molecule has 0 fully saturated rings. The highest BCUT2D eigenvalue weighted by Gasteiger charge is 2.11. The largest absolute Gasteiger partial charge is 0.349 e. The maximum atomic E-state index is 12.2. The number of carbonyl (C=O) groups excluding carboxylic acids is 1. The SMILES string of the molecule is Cc1nc(Nc2cc(Cl)ccc2Cl)cc(C(=O)NCCN(C)C)n1. The number of nitrogens with zero attached hydrogens (tertiary/aromatic N) is 3. The number of halogens is 2. The first-order valence-corrected chi connectivity index (χ1v) is 8.11. The van der Waals surface area contributed by atoms with Gasteiger partial charge in [0.25, 0.3) is 5.91 Å². The van der Waals surface area contributed by atoms with Crippen molar-refractivity contribution < 1.29 is 4.79 Å². The van der Waals surface area contributed by atoms with Crippen LogP contribution in [-0.4, -0.2) is 48.0 Å². The molecule has 0 aliphatic heterocycles. The number of amides is 1. The van der Waals surface area contributed by atoms with E-state index in [9.17, 15) is 4.79 Å². The lowest BCUT2D eigenvalue weighted by atomic mass is 10.3. The standard InChI is InChI=1S/C16H19Cl2N5O/c1-10-20-14(16(24)19-6-7-23(2)3)9-15(21-10)22-13-8-11(17)4-5-12(13)18/h4-5,8-9H,6-7H2,1-3H3,(H,19,24)(H,20,21,22). The van der Waals surface area contributed by atoms with Gasteiger partial charge in [0, 0.05) is 24.2 Å². The van der Waals surface area contributed by atoms with E-state index in [1.54, 1.807) is 31.2 Å². The second-order valence-electron chi connectivity index (χ2n) is 5.49. The van der Waals surface area contributed by atoms with E-state index in [-0.39, 0.29) is 5.91 Å². The number of hydrogen-bond donors (Lipinski definition) is 2. The monoisotopic (exact) mass is 367 g/mol. The summed E-state index contributed by atoms with van der Waals surface area (Å²) in [5.74, 6) is 0.711. The van der Waals surface area contributed by atoms with Crippen molar-refractivity contribution in [2.45, 2.75) is 6.92 Å². The van der Waals surface area contributed by atoms with Crippen LogP contribution in [0.5, 0.6) is 0 Å². The molecule has 0 saturated carbocycles. The highest BCUT2D eigenvalue weighted by Crippen LogP contribution is 2.27. The van der Waals surface area contributed by atoms with E-state index in [1.807, 2.05) is 19.0 Å². The van der Waals surface area contributed by atoms with Gasteiger partial charge in [-0.25, -0.2) is 9.97 Å². The number of benzene rings is 1. The molecule has 24 heavy (non-hydrogen) atoms. The molecular weight excluding hydrogens is 349 g/mol. The number of anilines is 2. The predicted molar refractivity (Wildman–Crippen MR) is 97.4 cm³/mol. The van der Waals surface area contributed by atoms with Crippen molar-refractivity contribution in [2.75, 3.05) is 32.5 Å². The summed E-state index contributed by atoms with van der Waals surface area (Å²) >= 11 is 12.1. The summed E-state index contributed by atoms with van der Waals surface area (Å²) in [6.07, 6.45) is 0. The predicted octanol–water partition coefficient (Wildman–Crippen LogP) is 3.13. The van der Waals surface area contributed by atoms with Crippen molar-refractivity contribution in [1.82, 2.24) is 20.2 Å². The van der Waals surface area contributed by atoms with Gasteiger partial charge < -0.3 is 15.5 Å². The fourth-order valence-corrected chi connectivity index (χ4v) is 2.30. The summed E-state index contributed by atoms with van der Waals surface area (Å²) in [5.41, 5.74) is 0.906. The van der Waals surface area contributed by atoms with Crippen molar-refractivity contribution in [2.24, 2.45) is 0 Å². The number of nitrogens with one attached hydrogen (secondary N) is 2. The Morgan fingerprint density at radius 2 is 1.96 bits per heavy atom.